The number of aliphatic hydroxyl groups is 3. The number of ether oxygens (including phenoxy) is 2. The Morgan fingerprint density at radius 2 is 1.67 bits per heavy atom. The highest BCUT2D eigenvalue weighted by Crippen LogP contribution is 2.20. The molecule has 72 valence electrons. The molecule has 0 aromatic heterocycles. The first-order valence-corrected chi connectivity index (χ1v) is 3.80. The molecular formula is C7H14O5. The van der Waals surface area contributed by atoms with Crippen molar-refractivity contribution in [2.45, 2.75) is 37.6 Å². The molecule has 1 saturated heterocycles. The van der Waals surface area contributed by atoms with Gasteiger partial charge in [0, 0.05) is 7.11 Å². The molecule has 12 heavy (non-hydrogen) atoms. The van der Waals surface area contributed by atoms with Gasteiger partial charge in [0.05, 0.1) is 6.10 Å². The van der Waals surface area contributed by atoms with Crippen molar-refractivity contribution in [3.05, 3.63) is 0 Å². The third-order valence-corrected chi connectivity index (χ3v) is 2.04. The summed E-state index contributed by atoms with van der Waals surface area (Å²) in [5.41, 5.74) is 0. The standard InChI is InChI=1S/C7H14O5/c1-3-4(8)5(9)6(10)7(11-2)12-3/h3-10H,1-2H3/t3-,4-,5+,6+,7?/m1/s1. The van der Waals surface area contributed by atoms with E-state index >= 15 is 0 Å². The molecule has 0 aliphatic carbocycles. The van der Waals surface area contributed by atoms with Crippen LogP contribution in [0.2, 0.25) is 0 Å². The molecule has 0 saturated carbocycles. The van der Waals surface area contributed by atoms with Crippen molar-refractivity contribution in [1.82, 2.24) is 0 Å². The zero-order chi connectivity index (χ0) is 9.30. The van der Waals surface area contributed by atoms with Gasteiger partial charge in [-0.25, -0.2) is 0 Å². The summed E-state index contributed by atoms with van der Waals surface area (Å²) in [6, 6.07) is 0. The lowest BCUT2D eigenvalue weighted by Gasteiger charge is -2.38. The highest BCUT2D eigenvalue weighted by Gasteiger charge is 2.41. The van der Waals surface area contributed by atoms with E-state index in [0.717, 1.165) is 0 Å². The molecule has 0 radical (unpaired) electrons. The first kappa shape index (κ1) is 9.88. The van der Waals surface area contributed by atoms with Crippen LogP contribution < -0.4 is 0 Å². The minimum absolute atomic E-state index is 0.534. The van der Waals surface area contributed by atoms with E-state index in [4.69, 9.17) is 9.47 Å². The van der Waals surface area contributed by atoms with Crippen LogP contribution in [0, 0.1) is 0 Å². The number of hydrogen-bond donors (Lipinski definition) is 3. The van der Waals surface area contributed by atoms with Crippen LogP contribution in [0.1, 0.15) is 6.92 Å². The molecule has 5 atom stereocenters. The molecule has 0 aromatic rings. The van der Waals surface area contributed by atoms with Crippen LogP contribution in [0.3, 0.4) is 0 Å². The summed E-state index contributed by atoms with van der Waals surface area (Å²) in [7, 11) is 1.37. The maximum Gasteiger partial charge on any atom is 0.186 e. The second-order valence-corrected chi connectivity index (χ2v) is 2.92. The molecule has 1 heterocycles. The minimum atomic E-state index is -1.21. The molecule has 1 unspecified atom stereocenters. The van der Waals surface area contributed by atoms with E-state index < -0.39 is 30.7 Å². The lowest BCUT2D eigenvalue weighted by atomic mass is 10.0. The second-order valence-electron chi connectivity index (χ2n) is 2.92. The molecule has 0 aromatic carbocycles. The van der Waals surface area contributed by atoms with Crippen LogP contribution in [-0.4, -0.2) is 53.1 Å². The van der Waals surface area contributed by atoms with Crippen molar-refractivity contribution in [3.8, 4) is 0 Å². The van der Waals surface area contributed by atoms with Gasteiger partial charge in [-0.3, -0.25) is 0 Å². The number of methoxy groups -OCH3 is 1. The number of hydrogen-bond acceptors (Lipinski definition) is 5. The minimum Gasteiger partial charge on any atom is -0.388 e. The van der Waals surface area contributed by atoms with E-state index in [1.807, 2.05) is 0 Å². The fourth-order valence-electron chi connectivity index (χ4n) is 1.21. The third kappa shape index (κ3) is 1.60. The van der Waals surface area contributed by atoms with E-state index in [-0.39, 0.29) is 0 Å². The van der Waals surface area contributed by atoms with Crippen LogP contribution in [0.15, 0.2) is 0 Å². The van der Waals surface area contributed by atoms with Crippen molar-refractivity contribution in [2.75, 3.05) is 7.11 Å². The Labute approximate surface area is 70.5 Å². The van der Waals surface area contributed by atoms with Gasteiger partial charge in [-0.2, -0.15) is 0 Å². The van der Waals surface area contributed by atoms with E-state index in [9.17, 15) is 15.3 Å². The molecule has 1 fully saturated rings. The van der Waals surface area contributed by atoms with Crippen molar-refractivity contribution >= 4 is 0 Å². The SMILES string of the molecule is COC1O[C@H](C)[C@@H](O)[C@H](O)[C@@H]1O. The monoisotopic (exact) mass is 178 g/mol. The maximum absolute atomic E-state index is 9.27. The summed E-state index contributed by atoms with van der Waals surface area (Å²) in [5, 5.41) is 27.8. The normalized spacial score (nSPS) is 49.2. The zero-order valence-electron chi connectivity index (χ0n) is 7.04. The first-order valence-electron chi connectivity index (χ1n) is 3.80. The molecule has 5 heteroatoms. The quantitative estimate of drug-likeness (QED) is 0.453. The summed E-state index contributed by atoms with van der Waals surface area (Å²) in [6.07, 6.45) is -4.86. The predicted molar refractivity (Wildman–Crippen MR) is 39.4 cm³/mol. The maximum atomic E-state index is 9.27. The van der Waals surface area contributed by atoms with Crippen molar-refractivity contribution in [2.24, 2.45) is 0 Å². The average Bonchev–Trinajstić information content (AvgIpc) is 2.08. The summed E-state index contributed by atoms with van der Waals surface area (Å²) in [5.74, 6) is 0. The topological polar surface area (TPSA) is 79.2 Å². The average molecular weight is 178 g/mol. The van der Waals surface area contributed by atoms with Crippen LogP contribution >= 0.6 is 0 Å². The van der Waals surface area contributed by atoms with E-state index in [0.29, 0.717) is 0 Å². The van der Waals surface area contributed by atoms with Gasteiger partial charge in [-0.05, 0) is 6.92 Å². The fraction of sp³-hybridized carbons (Fsp3) is 1.00. The Bertz CT molecular complexity index is 146. The highest BCUT2D eigenvalue weighted by molar-refractivity contribution is 4.86. The summed E-state index contributed by atoms with van der Waals surface area (Å²) < 4.78 is 9.80. The lowest BCUT2D eigenvalue weighted by Crippen LogP contribution is -2.57. The van der Waals surface area contributed by atoms with E-state index in [1.54, 1.807) is 6.92 Å². The molecule has 1 aliphatic heterocycles. The Morgan fingerprint density at radius 1 is 1.08 bits per heavy atom. The van der Waals surface area contributed by atoms with Crippen molar-refractivity contribution < 1.29 is 24.8 Å². The zero-order valence-corrected chi connectivity index (χ0v) is 7.04. The number of aliphatic hydroxyl groups excluding tert-OH is 3. The van der Waals surface area contributed by atoms with Gasteiger partial charge in [0.2, 0.25) is 0 Å². The van der Waals surface area contributed by atoms with Crippen LogP contribution in [0.5, 0.6) is 0 Å². The van der Waals surface area contributed by atoms with Gasteiger partial charge in [-0.1, -0.05) is 0 Å². The van der Waals surface area contributed by atoms with E-state index in [2.05, 4.69) is 0 Å². The fourth-order valence-corrected chi connectivity index (χ4v) is 1.21. The van der Waals surface area contributed by atoms with E-state index in [1.165, 1.54) is 7.11 Å². The Morgan fingerprint density at radius 3 is 2.17 bits per heavy atom. The summed E-state index contributed by atoms with van der Waals surface area (Å²) in [4.78, 5) is 0. The van der Waals surface area contributed by atoms with Crippen molar-refractivity contribution in [1.29, 1.82) is 0 Å². The molecule has 3 N–H and O–H groups in total. The summed E-state index contributed by atoms with van der Waals surface area (Å²) in [6.45, 7) is 1.60. The Balaban J connectivity index is 2.63. The van der Waals surface area contributed by atoms with Crippen LogP contribution in [-0.2, 0) is 9.47 Å². The smallest absolute Gasteiger partial charge is 0.186 e. The summed E-state index contributed by atoms with van der Waals surface area (Å²) >= 11 is 0. The largest absolute Gasteiger partial charge is 0.388 e. The molecule has 1 rings (SSSR count). The van der Waals surface area contributed by atoms with Gasteiger partial charge in [0.15, 0.2) is 6.29 Å². The Hall–Kier alpha value is -0.200. The highest BCUT2D eigenvalue weighted by atomic mass is 16.7. The molecule has 0 amide bonds. The number of rotatable bonds is 1. The lowest BCUT2D eigenvalue weighted by molar-refractivity contribution is -0.286. The van der Waals surface area contributed by atoms with Gasteiger partial charge < -0.3 is 24.8 Å². The van der Waals surface area contributed by atoms with Gasteiger partial charge >= 0.3 is 0 Å². The first-order chi connectivity index (χ1) is 5.57. The predicted octanol–water partition coefficient (Wildman–Crippen LogP) is -1.54. The Kier molecular flexibility index (Phi) is 3.03. The molecule has 0 bridgehead atoms. The third-order valence-electron chi connectivity index (χ3n) is 2.04. The molecular weight excluding hydrogens is 164 g/mol. The molecule has 1 aliphatic rings. The van der Waals surface area contributed by atoms with Gasteiger partial charge in [-0.15, -0.1) is 0 Å². The molecule has 5 nitrogen and oxygen atoms in total. The second kappa shape index (κ2) is 3.68. The van der Waals surface area contributed by atoms with Crippen LogP contribution in [0.4, 0.5) is 0 Å². The van der Waals surface area contributed by atoms with Gasteiger partial charge in [0.1, 0.15) is 18.3 Å². The van der Waals surface area contributed by atoms with Crippen LogP contribution in [0.25, 0.3) is 0 Å². The molecule has 0 spiro atoms. The van der Waals surface area contributed by atoms with Gasteiger partial charge in [0.25, 0.3) is 0 Å². The van der Waals surface area contributed by atoms with Crippen molar-refractivity contribution in [3.63, 3.8) is 0 Å².